The van der Waals surface area contributed by atoms with Crippen LogP contribution in [0.2, 0.25) is 0 Å². The van der Waals surface area contributed by atoms with E-state index in [4.69, 9.17) is 0 Å². The van der Waals surface area contributed by atoms with Gasteiger partial charge in [-0.25, -0.2) is 15.0 Å². The van der Waals surface area contributed by atoms with Gasteiger partial charge in [-0.3, -0.25) is 9.69 Å². The molecule has 122 valence electrons. The second-order valence-electron chi connectivity index (χ2n) is 6.66. The van der Waals surface area contributed by atoms with Crippen molar-refractivity contribution in [3.8, 4) is 11.1 Å². The quantitative estimate of drug-likeness (QED) is 0.722. The van der Waals surface area contributed by atoms with Gasteiger partial charge in [0.15, 0.2) is 0 Å². The summed E-state index contributed by atoms with van der Waals surface area (Å²) in [5, 5.41) is 0. The van der Waals surface area contributed by atoms with Crippen LogP contribution in [0.3, 0.4) is 0 Å². The zero-order valence-electron chi connectivity index (χ0n) is 13.8. The number of amides is 1. The minimum atomic E-state index is -0.338. The molecule has 0 saturated heterocycles. The highest BCUT2D eigenvalue weighted by Gasteiger charge is 2.59. The number of pyridine rings is 1. The second-order valence-corrected chi connectivity index (χ2v) is 6.66. The molecular weight excluding hydrogens is 312 g/mol. The van der Waals surface area contributed by atoms with Gasteiger partial charge in [0.25, 0.3) is 0 Å². The molecule has 1 amide bonds. The summed E-state index contributed by atoms with van der Waals surface area (Å²) in [6.07, 6.45) is 7.18. The van der Waals surface area contributed by atoms with Gasteiger partial charge < -0.3 is 0 Å². The largest absolute Gasteiger partial charge is 0.273 e. The van der Waals surface area contributed by atoms with Crippen LogP contribution < -0.4 is 4.90 Å². The van der Waals surface area contributed by atoms with E-state index >= 15 is 0 Å². The van der Waals surface area contributed by atoms with Gasteiger partial charge in [0, 0.05) is 24.2 Å². The number of aromatic nitrogens is 3. The van der Waals surface area contributed by atoms with Crippen molar-refractivity contribution >= 4 is 17.4 Å². The molecule has 2 aromatic heterocycles. The van der Waals surface area contributed by atoms with E-state index in [9.17, 15) is 4.79 Å². The minimum absolute atomic E-state index is 0.138. The third kappa shape index (κ3) is 2.02. The lowest BCUT2D eigenvalue weighted by atomic mass is 9.96. The summed E-state index contributed by atoms with van der Waals surface area (Å²) >= 11 is 0. The summed E-state index contributed by atoms with van der Waals surface area (Å²) in [7, 11) is 0. The first kappa shape index (κ1) is 14.3. The third-order valence-electron chi connectivity index (χ3n) is 5.11. The fraction of sp³-hybridized carbons (Fsp3) is 0.200. The maximum atomic E-state index is 13.1. The lowest BCUT2D eigenvalue weighted by Crippen LogP contribution is -2.28. The van der Waals surface area contributed by atoms with Crippen LogP contribution in [0.1, 0.15) is 24.2 Å². The highest BCUT2D eigenvalue weighted by atomic mass is 16.2. The number of rotatable bonds is 2. The summed E-state index contributed by atoms with van der Waals surface area (Å²) in [6.45, 7) is 1.87. The predicted molar refractivity (Wildman–Crippen MR) is 94.5 cm³/mol. The first-order chi connectivity index (χ1) is 12.2. The minimum Gasteiger partial charge on any atom is -0.273 e. The van der Waals surface area contributed by atoms with Gasteiger partial charge in [0.2, 0.25) is 5.91 Å². The molecule has 0 radical (unpaired) electrons. The average molecular weight is 328 g/mol. The molecule has 3 aromatic rings. The molecule has 1 saturated carbocycles. The number of anilines is 2. The molecule has 0 atom stereocenters. The van der Waals surface area contributed by atoms with Gasteiger partial charge in [-0.1, -0.05) is 18.2 Å². The zero-order valence-corrected chi connectivity index (χ0v) is 13.8. The van der Waals surface area contributed by atoms with Crippen LogP contribution in [0.5, 0.6) is 0 Å². The molecule has 1 aliphatic heterocycles. The second kappa shape index (κ2) is 4.96. The third-order valence-corrected chi connectivity index (χ3v) is 5.11. The van der Waals surface area contributed by atoms with E-state index in [1.165, 1.54) is 0 Å². The Bertz CT molecular complexity index is 978. The molecule has 1 spiro atoms. The maximum absolute atomic E-state index is 13.1. The van der Waals surface area contributed by atoms with E-state index in [0.29, 0.717) is 5.82 Å². The first-order valence-corrected chi connectivity index (χ1v) is 8.38. The van der Waals surface area contributed by atoms with Crippen molar-refractivity contribution in [3.05, 3.63) is 66.4 Å². The lowest BCUT2D eigenvalue weighted by Gasteiger charge is -2.17. The SMILES string of the molecule is Cc1ncc(-c2ccc3c(c2)N(c2ccccn2)C(=O)C32CC2)cn1. The summed E-state index contributed by atoms with van der Waals surface area (Å²) < 4.78 is 0. The first-order valence-electron chi connectivity index (χ1n) is 8.38. The average Bonchev–Trinajstić information content (AvgIpc) is 3.41. The number of nitrogens with zero attached hydrogens (tertiary/aromatic N) is 4. The summed E-state index contributed by atoms with van der Waals surface area (Å²) in [5.74, 6) is 1.56. The molecule has 1 fully saturated rings. The number of fused-ring (bicyclic) bond motifs is 2. The van der Waals surface area contributed by atoms with E-state index in [-0.39, 0.29) is 11.3 Å². The molecule has 0 N–H and O–H groups in total. The summed E-state index contributed by atoms with van der Waals surface area (Å²) in [5.41, 5.74) is 3.65. The normalized spacial score (nSPS) is 17.0. The number of hydrogen-bond donors (Lipinski definition) is 0. The van der Waals surface area contributed by atoms with Gasteiger partial charge in [-0.2, -0.15) is 0 Å². The van der Waals surface area contributed by atoms with Crippen molar-refractivity contribution in [2.45, 2.75) is 25.2 Å². The molecule has 25 heavy (non-hydrogen) atoms. The van der Waals surface area contributed by atoms with Crippen LogP contribution in [0.15, 0.2) is 55.0 Å². The Morgan fingerprint density at radius 2 is 1.80 bits per heavy atom. The Balaban J connectivity index is 1.67. The van der Waals surface area contributed by atoms with Crippen LogP contribution in [0.4, 0.5) is 11.5 Å². The number of carbonyl (C=O) groups is 1. The molecule has 0 bridgehead atoms. The molecule has 5 heteroatoms. The Kier molecular flexibility index (Phi) is 2.83. The number of aryl methyl sites for hydroxylation is 1. The molecular formula is C20H16N4O. The number of carbonyl (C=O) groups excluding carboxylic acids is 1. The van der Waals surface area contributed by atoms with Crippen molar-refractivity contribution in [3.63, 3.8) is 0 Å². The Labute approximate surface area is 145 Å². The van der Waals surface area contributed by atoms with Crippen molar-refractivity contribution in [1.29, 1.82) is 0 Å². The molecule has 3 heterocycles. The highest BCUT2D eigenvalue weighted by Crippen LogP contribution is 2.59. The number of benzene rings is 1. The predicted octanol–water partition coefficient (Wildman–Crippen LogP) is 3.56. The van der Waals surface area contributed by atoms with Crippen LogP contribution in [0.25, 0.3) is 11.1 Å². The van der Waals surface area contributed by atoms with Crippen molar-refractivity contribution < 1.29 is 4.79 Å². The van der Waals surface area contributed by atoms with E-state index in [0.717, 1.165) is 41.0 Å². The van der Waals surface area contributed by atoms with Crippen LogP contribution in [-0.4, -0.2) is 20.9 Å². The van der Waals surface area contributed by atoms with Gasteiger partial charge in [0.1, 0.15) is 11.6 Å². The van der Waals surface area contributed by atoms with Gasteiger partial charge in [0.05, 0.1) is 11.1 Å². The molecule has 1 aliphatic carbocycles. The maximum Gasteiger partial charge on any atom is 0.243 e. The molecule has 0 unspecified atom stereocenters. The summed E-state index contributed by atoms with van der Waals surface area (Å²) in [6, 6.07) is 11.8. The fourth-order valence-corrected chi connectivity index (χ4v) is 3.60. The van der Waals surface area contributed by atoms with Crippen LogP contribution >= 0.6 is 0 Å². The standard InChI is InChI=1S/C20H16N4O/c1-13-22-11-15(12-23-13)14-5-6-16-17(10-14)24(18-4-2-3-9-21-18)19(25)20(16)7-8-20/h2-6,9-12H,7-8H2,1H3. The lowest BCUT2D eigenvalue weighted by molar-refractivity contribution is -0.119. The van der Waals surface area contributed by atoms with E-state index in [2.05, 4.69) is 33.2 Å². The zero-order chi connectivity index (χ0) is 17.0. The molecule has 5 nitrogen and oxygen atoms in total. The highest BCUT2D eigenvalue weighted by molar-refractivity contribution is 6.14. The van der Waals surface area contributed by atoms with Crippen LogP contribution in [0, 0.1) is 6.92 Å². The Morgan fingerprint density at radius 1 is 1.00 bits per heavy atom. The van der Waals surface area contributed by atoms with E-state index in [1.807, 2.05) is 37.5 Å². The topological polar surface area (TPSA) is 59.0 Å². The molecule has 5 rings (SSSR count). The van der Waals surface area contributed by atoms with Crippen molar-refractivity contribution in [2.24, 2.45) is 0 Å². The van der Waals surface area contributed by atoms with Gasteiger partial charge in [-0.15, -0.1) is 0 Å². The monoisotopic (exact) mass is 328 g/mol. The van der Waals surface area contributed by atoms with Crippen LogP contribution in [-0.2, 0) is 10.2 Å². The van der Waals surface area contributed by atoms with E-state index in [1.54, 1.807) is 11.1 Å². The van der Waals surface area contributed by atoms with E-state index < -0.39 is 0 Å². The van der Waals surface area contributed by atoms with Crippen molar-refractivity contribution in [2.75, 3.05) is 4.90 Å². The Hall–Kier alpha value is -3.08. The molecule has 1 aromatic carbocycles. The van der Waals surface area contributed by atoms with Crippen molar-refractivity contribution in [1.82, 2.24) is 15.0 Å². The fourth-order valence-electron chi connectivity index (χ4n) is 3.60. The molecule has 2 aliphatic rings. The smallest absolute Gasteiger partial charge is 0.243 e. The number of hydrogen-bond acceptors (Lipinski definition) is 4. The van der Waals surface area contributed by atoms with Gasteiger partial charge in [-0.05, 0) is 49.1 Å². The van der Waals surface area contributed by atoms with Gasteiger partial charge >= 0.3 is 0 Å². The Morgan fingerprint density at radius 3 is 2.48 bits per heavy atom. The summed E-state index contributed by atoms with van der Waals surface area (Å²) in [4.78, 5) is 27.8.